The zero-order valence-corrected chi connectivity index (χ0v) is 13.8. The van der Waals surface area contributed by atoms with Crippen LogP contribution in [0, 0.1) is 0 Å². The average Bonchev–Trinajstić information content (AvgIpc) is 3.15. The number of hydrogen-bond donors (Lipinski definition) is 0. The molecule has 0 aliphatic carbocycles. The maximum Gasteiger partial charge on any atom is 0.101 e. The molecule has 0 saturated carbocycles. The zero-order valence-electron chi connectivity index (χ0n) is 12.3. The number of aryl methyl sites for hydroxylation is 1. The van der Waals surface area contributed by atoms with E-state index in [-0.39, 0.29) is 6.04 Å². The fourth-order valence-corrected chi connectivity index (χ4v) is 3.25. The van der Waals surface area contributed by atoms with E-state index in [0.29, 0.717) is 10.0 Å². The van der Waals surface area contributed by atoms with Crippen molar-refractivity contribution in [2.45, 2.75) is 25.9 Å². The maximum absolute atomic E-state index is 6.46. The van der Waals surface area contributed by atoms with E-state index in [1.807, 2.05) is 24.7 Å². The van der Waals surface area contributed by atoms with Gasteiger partial charge in [0.15, 0.2) is 0 Å². The number of halogens is 2. The van der Waals surface area contributed by atoms with E-state index >= 15 is 0 Å². The lowest BCUT2D eigenvalue weighted by Gasteiger charge is -2.22. The molecule has 0 radical (unpaired) electrons. The quantitative estimate of drug-likeness (QED) is 0.641. The SMILES string of the molecule is CCCn1cccc1C(c1ccc(Cl)cc1Cl)n1ccnc1. The second-order valence-corrected chi connectivity index (χ2v) is 6.05. The van der Waals surface area contributed by atoms with Gasteiger partial charge in [-0.3, -0.25) is 0 Å². The van der Waals surface area contributed by atoms with Gasteiger partial charge >= 0.3 is 0 Å². The van der Waals surface area contributed by atoms with E-state index in [1.165, 1.54) is 5.69 Å². The first-order valence-electron chi connectivity index (χ1n) is 7.28. The molecule has 1 atom stereocenters. The van der Waals surface area contributed by atoms with Crippen LogP contribution in [-0.2, 0) is 6.54 Å². The van der Waals surface area contributed by atoms with E-state index in [2.05, 4.69) is 39.4 Å². The molecule has 3 nitrogen and oxygen atoms in total. The number of benzene rings is 1. The molecule has 0 amide bonds. The van der Waals surface area contributed by atoms with Gasteiger partial charge in [-0.15, -0.1) is 0 Å². The lowest BCUT2D eigenvalue weighted by Crippen LogP contribution is -2.16. The van der Waals surface area contributed by atoms with E-state index in [4.69, 9.17) is 23.2 Å². The summed E-state index contributed by atoms with van der Waals surface area (Å²) in [7, 11) is 0. The molecule has 0 fully saturated rings. The van der Waals surface area contributed by atoms with Crippen molar-refractivity contribution in [1.29, 1.82) is 0 Å². The van der Waals surface area contributed by atoms with Crippen molar-refractivity contribution in [3.05, 3.63) is 76.6 Å². The van der Waals surface area contributed by atoms with E-state index in [0.717, 1.165) is 18.5 Å². The van der Waals surface area contributed by atoms with Gasteiger partial charge in [-0.05, 0) is 36.2 Å². The average molecular weight is 334 g/mol. The first-order chi connectivity index (χ1) is 10.7. The zero-order chi connectivity index (χ0) is 15.5. The topological polar surface area (TPSA) is 22.8 Å². The Morgan fingerprint density at radius 1 is 1.18 bits per heavy atom. The molecule has 0 N–H and O–H groups in total. The number of imidazole rings is 1. The fraction of sp³-hybridized carbons (Fsp3) is 0.235. The molecule has 0 spiro atoms. The Bertz CT molecular complexity index is 747. The molecule has 1 unspecified atom stereocenters. The highest BCUT2D eigenvalue weighted by atomic mass is 35.5. The molecule has 22 heavy (non-hydrogen) atoms. The fourth-order valence-electron chi connectivity index (χ4n) is 2.74. The summed E-state index contributed by atoms with van der Waals surface area (Å²) < 4.78 is 4.33. The summed E-state index contributed by atoms with van der Waals surface area (Å²) in [6.45, 7) is 3.14. The minimum Gasteiger partial charge on any atom is -0.349 e. The van der Waals surface area contributed by atoms with Gasteiger partial charge in [0.1, 0.15) is 6.04 Å². The van der Waals surface area contributed by atoms with Gasteiger partial charge in [-0.25, -0.2) is 4.98 Å². The van der Waals surface area contributed by atoms with Gasteiger partial charge in [-0.1, -0.05) is 36.2 Å². The molecule has 0 aliphatic rings. The number of rotatable bonds is 5. The molecule has 0 saturated heterocycles. The van der Waals surface area contributed by atoms with Crippen LogP contribution in [0.2, 0.25) is 10.0 Å². The van der Waals surface area contributed by atoms with Crippen molar-refractivity contribution in [3.8, 4) is 0 Å². The summed E-state index contributed by atoms with van der Waals surface area (Å²) in [5.41, 5.74) is 2.20. The third-order valence-electron chi connectivity index (χ3n) is 3.69. The number of nitrogens with zero attached hydrogens (tertiary/aromatic N) is 3. The predicted molar refractivity (Wildman–Crippen MR) is 90.7 cm³/mol. The Balaban J connectivity index is 2.14. The standard InChI is InChI=1S/C17H17Cl2N3/c1-2-8-21-9-3-4-16(21)17(22-10-7-20-12-22)14-6-5-13(18)11-15(14)19/h3-7,9-12,17H,2,8H2,1H3. The van der Waals surface area contributed by atoms with Gasteiger partial charge in [0, 0.05) is 40.9 Å². The highest BCUT2D eigenvalue weighted by Gasteiger charge is 2.21. The minimum atomic E-state index is -0.0196. The van der Waals surface area contributed by atoms with Crippen molar-refractivity contribution in [2.75, 3.05) is 0 Å². The second-order valence-electron chi connectivity index (χ2n) is 5.20. The largest absolute Gasteiger partial charge is 0.349 e. The number of hydrogen-bond acceptors (Lipinski definition) is 1. The van der Waals surface area contributed by atoms with Crippen LogP contribution in [0.4, 0.5) is 0 Å². The summed E-state index contributed by atoms with van der Waals surface area (Å²) >= 11 is 12.5. The van der Waals surface area contributed by atoms with Crippen molar-refractivity contribution in [3.63, 3.8) is 0 Å². The van der Waals surface area contributed by atoms with Gasteiger partial charge in [-0.2, -0.15) is 0 Å². The Labute approximate surface area is 140 Å². The Morgan fingerprint density at radius 3 is 2.73 bits per heavy atom. The van der Waals surface area contributed by atoms with Gasteiger partial charge in [0.25, 0.3) is 0 Å². The van der Waals surface area contributed by atoms with Gasteiger partial charge in [0.2, 0.25) is 0 Å². The monoisotopic (exact) mass is 333 g/mol. The van der Waals surface area contributed by atoms with Gasteiger partial charge < -0.3 is 9.13 Å². The van der Waals surface area contributed by atoms with E-state index in [1.54, 1.807) is 12.3 Å². The summed E-state index contributed by atoms with van der Waals surface area (Å²) in [5.74, 6) is 0. The third-order valence-corrected chi connectivity index (χ3v) is 4.25. The normalized spacial score (nSPS) is 12.5. The molecular formula is C17H17Cl2N3. The highest BCUT2D eigenvalue weighted by molar-refractivity contribution is 6.35. The van der Waals surface area contributed by atoms with Crippen molar-refractivity contribution in [2.24, 2.45) is 0 Å². The highest BCUT2D eigenvalue weighted by Crippen LogP contribution is 2.33. The summed E-state index contributed by atoms with van der Waals surface area (Å²) in [5, 5.41) is 1.30. The Morgan fingerprint density at radius 2 is 2.05 bits per heavy atom. The first kappa shape index (κ1) is 15.2. The summed E-state index contributed by atoms with van der Waals surface area (Å²) in [6.07, 6.45) is 8.74. The summed E-state index contributed by atoms with van der Waals surface area (Å²) in [6, 6.07) is 9.83. The van der Waals surface area contributed by atoms with Crippen molar-refractivity contribution in [1.82, 2.24) is 14.1 Å². The summed E-state index contributed by atoms with van der Waals surface area (Å²) in [4.78, 5) is 4.19. The molecule has 5 heteroatoms. The number of aromatic nitrogens is 3. The van der Waals surface area contributed by atoms with Crippen LogP contribution in [0.1, 0.15) is 30.6 Å². The molecule has 114 valence electrons. The second kappa shape index (κ2) is 6.59. The molecule has 0 bridgehead atoms. The van der Waals surface area contributed by atoms with Crippen LogP contribution in [0.5, 0.6) is 0 Å². The smallest absolute Gasteiger partial charge is 0.101 e. The predicted octanol–water partition coefficient (Wildman–Crippen LogP) is 5.04. The molecule has 1 aromatic carbocycles. The first-order valence-corrected chi connectivity index (χ1v) is 8.03. The molecule has 2 heterocycles. The Kier molecular flexibility index (Phi) is 4.55. The van der Waals surface area contributed by atoms with Crippen molar-refractivity contribution < 1.29 is 0 Å². The lowest BCUT2D eigenvalue weighted by atomic mass is 10.0. The molecule has 0 aliphatic heterocycles. The maximum atomic E-state index is 6.46. The Hall–Kier alpha value is -1.71. The molecule has 3 aromatic rings. The van der Waals surface area contributed by atoms with E-state index in [9.17, 15) is 0 Å². The van der Waals surface area contributed by atoms with Crippen molar-refractivity contribution >= 4 is 23.2 Å². The van der Waals surface area contributed by atoms with Crippen LogP contribution in [0.15, 0.2) is 55.2 Å². The minimum absolute atomic E-state index is 0.0196. The van der Waals surface area contributed by atoms with Crippen LogP contribution in [0.3, 0.4) is 0 Å². The third kappa shape index (κ3) is 2.92. The van der Waals surface area contributed by atoms with Crippen LogP contribution in [-0.4, -0.2) is 14.1 Å². The van der Waals surface area contributed by atoms with Gasteiger partial charge in [0.05, 0.1) is 6.33 Å². The van der Waals surface area contributed by atoms with Crippen LogP contribution in [0.25, 0.3) is 0 Å². The van der Waals surface area contributed by atoms with Crippen LogP contribution >= 0.6 is 23.2 Å². The lowest BCUT2D eigenvalue weighted by molar-refractivity contribution is 0.578. The molecule has 2 aromatic heterocycles. The molecule has 3 rings (SSSR count). The van der Waals surface area contributed by atoms with Crippen LogP contribution < -0.4 is 0 Å². The molecular weight excluding hydrogens is 317 g/mol. The van der Waals surface area contributed by atoms with E-state index < -0.39 is 0 Å².